The summed E-state index contributed by atoms with van der Waals surface area (Å²) in [6, 6.07) is 27.1. The Bertz CT molecular complexity index is 2450. The Hall–Kier alpha value is -5.28. The predicted octanol–water partition coefficient (Wildman–Crippen LogP) is 5.68. The lowest BCUT2D eigenvalue weighted by atomic mass is 9.85. The van der Waals surface area contributed by atoms with E-state index < -0.39 is 15.5 Å². The molecule has 0 fully saturated rings. The normalized spacial score (nSPS) is 18.2. The number of aryl methyl sites for hydroxylation is 1. The summed E-state index contributed by atoms with van der Waals surface area (Å²) in [6.07, 6.45) is 2.02. The van der Waals surface area contributed by atoms with Gasteiger partial charge in [-0.1, -0.05) is 39.6 Å². The maximum atomic E-state index is 13.9. The maximum Gasteiger partial charge on any atom is 0.477 e. The maximum absolute atomic E-state index is 13.9. The van der Waals surface area contributed by atoms with Gasteiger partial charge < -0.3 is 9.47 Å². The quantitative estimate of drug-likeness (QED) is 0.228. The minimum Gasteiger partial charge on any atom is -0.455 e. The van der Waals surface area contributed by atoms with Crippen molar-refractivity contribution >= 4 is 9.84 Å². The van der Waals surface area contributed by atoms with E-state index in [0.717, 1.165) is 56.2 Å². The topological polar surface area (TPSA) is 78.2 Å². The first-order chi connectivity index (χ1) is 21.3. The van der Waals surface area contributed by atoms with Crippen molar-refractivity contribution in [2.24, 2.45) is 0 Å². The van der Waals surface area contributed by atoms with Crippen molar-refractivity contribution in [3.63, 3.8) is 0 Å². The van der Waals surface area contributed by atoms with Crippen LogP contribution in [-0.4, -0.2) is 18.2 Å². The molecular formula is C35H24N4O4S+2. The molecule has 44 heavy (non-hydrogen) atoms. The van der Waals surface area contributed by atoms with E-state index in [1.807, 2.05) is 98.5 Å². The van der Waals surface area contributed by atoms with Crippen molar-refractivity contribution in [1.82, 2.24) is 9.78 Å². The van der Waals surface area contributed by atoms with Crippen LogP contribution in [-0.2, 0) is 15.5 Å². The van der Waals surface area contributed by atoms with Gasteiger partial charge in [-0.25, -0.2) is 8.42 Å². The van der Waals surface area contributed by atoms with E-state index in [2.05, 4.69) is 15.3 Å². The molecule has 1 spiro atoms. The van der Waals surface area contributed by atoms with Crippen LogP contribution >= 0.6 is 0 Å². The monoisotopic (exact) mass is 596 g/mol. The fourth-order valence-corrected chi connectivity index (χ4v) is 9.83. The molecule has 212 valence electrons. The number of hydrogen-bond donors (Lipinski definition) is 0. The summed E-state index contributed by atoms with van der Waals surface area (Å²) in [5.74, 6) is 2.83. The first-order valence-corrected chi connectivity index (χ1v) is 16.0. The number of benzene rings is 4. The van der Waals surface area contributed by atoms with Gasteiger partial charge in [-0.2, -0.15) is 0 Å². The van der Waals surface area contributed by atoms with Gasteiger partial charge in [-0.05, 0) is 74.4 Å². The second-order valence-corrected chi connectivity index (χ2v) is 13.6. The Kier molecular flexibility index (Phi) is 4.19. The van der Waals surface area contributed by atoms with Gasteiger partial charge in [0, 0.05) is 27.9 Å². The molecule has 4 aromatic carbocycles. The first kappa shape index (κ1) is 24.2. The highest BCUT2D eigenvalue weighted by atomic mass is 32.2. The molecule has 0 saturated carbocycles. The standard InChI is InChI=1S/C35H24N4O4S/c1-19-18-23-22-10-4-5-15-28(22)44(40,41)34(23)20(2)30(19)33-21(3)38-24-11-8-12-25-31(24)35(39(38)36-33)32-26(42-25)13-9-14-27(32)43-29-16-6-7-17-37(29)35/h4-18H,1-3H3/q+2. The van der Waals surface area contributed by atoms with Crippen molar-refractivity contribution in [3.8, 4) is 51.2 Å². The number of ether oxygens (including phenoxy) is 2. The van der Waals surface area contributed by atoms with Crippen molar-refractivity contribution < 1.29 is 27.3 Å². The van der Waals surface area contributed by atoms with E-state index in [-0.39, 0.29) is 0 Å². The van der Waals surface area contributed by atoms with Gasteiger partial charge in [0.25, 0.3) is 0 Å². The number of rotatable bonds is 1. The minimum atomic E-state index is -3.68. The van der Waals surface area contributed by atoms with Crippen LogP contribution in [0.15, 0.2) is 101 Å². The Labute approximate surface area is 252 Å². The average molecular weight is 597 g/mol. The number of hydrogen-bond acceptors (Lipinski definition) is 5. The van der Waals surface area contributed by atoms with Crippen LogP contribution in [0.4, 0.5) is 0 Å². The Morgan fingerprint density at radius 1 is 0.795 bits per heavy atom. The molecule has 10 rings (SSSR count). The van der Waals surface area contributed by atoms with Crippen LogP contribution in [0.3, 0.4) is 0 Å². The van der Waals surface area contributed by atoms with Crippen LogP contribution in [0.25, 0.3) is 28.1 Å². The SMILES string of the molecule is Cc1cc2c(c(C)c1-c1n[n+]3n(c1C)-c1cccc4c1C31c3c(cccc3Oc3cccc[n+]31)O4)S(=O)(=O)c1ccccc1-2. The van der Waals surface area contributed by atoms with Crippen LogP contribution in [0.2, 0.25) is 0 Å². The van der Waals surface area contributed by atoms with Crippen LogP contribution in [0.1, 0.15) is 27.9 Å². The molecule has 4 aliphatic heterocycles. The molecule has 9 heteroatoms. The molecule has 0 aliphatic carbocycles. The third-order valence-electron chi connectivity index (χ3n) is 9.54. The Morgan fingerprint density at radius 2 is 1.52 bits per heavy atom. The molecule has 0 amide bonds. The van der Waals surface area contributed by atoms with E-state index in [0.29, 0.717) is 32.7 Å². The molecule has 0 N–H and O–H groups in total. The summed E-state index contributed by atoms with van der Waals surface area (Å²) in [5, 5.41) is 5.42. The number of nitrogens with zero attached hydrogens (tertiary/aromatic N) is 4. The summed E-state index contributed by atoms with van der Waals surface area (Å²) in [6.45, 7) is 5.99. The van der Waals surface area contributed by atoms with Gasteiger partial charge >= 0.3 is 11.5 Å². The van der Waals surface area contributed by atoms with Crippen LogP contribution in [0, 0.1) is 20.8 Å². The highest BCUT2D eigenvalue weighted by Crippen LogP contribution is 2.56. The number of sulfone groups is 1. The third-order valence-corrected chi connectivity index (χ3v) is 11.5. The zero-order chi connectivity index (χ0) is 29.7. The largest absolute Gasteiger partial charge is 0.477 e. The molecular weight excluding hydrogens is 572 g/mol. The van der Waals surface area contributed by atoms with Crippen molar-refractivity contribution in [1.29, 1.82) is 0 Å². The molecule has 0 bridgehead atoms. The van der Waals surface area contributed by atoms with E-state index in [4.69, 9.17) is 14.6 Å². The van der Waals surface area contributed by atoms with Crippen molar-refractivity contribution in [3.05, 3.63) is 119 Å². The Balaban J connectivity index is 1.33. The van der Waals surface area contributed by atoms with E-state index in [9.17, 15) is 8.42 Å². The zero-order valence-corrected chi connectivity index (χ0v) is 24.8. The lowest BCUT2D eigenvalue weighted by molar-refractivity contribution is -1.02. The molecule has 6 heterocycles. The Morgan fingerprint density at radius 3 is 2.36 bits per heavy atom. The molecule has 8 nitrogen and oxygen atoms in total. The van der Waals surface area contributed by atoms with Gasteiger partial charge in [0.1, 0.15) is 22.9 Å². The molecule has 2 aromatic heterocycles. The summed E-state index contributed by atoms with van der Waals surface area (Å²) in [4.78, 5) is 2.75. The lowest BCUT2D eigenvalue weighted by Crippen LogP contribution is -2.77. The van der Waals surface area contributed by atoms with Crippen LogP contribution in [0.5, 0.6) is 23.1 Å². The average Bonchev–Trinajstić information content (AvgIpc) is 3.59. The van der Waals surface area contributed by atoms with E-state index >= 15 is 0 Å². The minimum absolute atomic E-state index is 0.356. The molecule has 1 atom stereocenters. The second-order valence-electron chi connectivity index (χ2n) is 11.8. The summed E-state index contributed by atoms with van der Waals surface area (Å²) in [5.41, 5.74) is 7.47. The number of aromatic nitrogens is 4. The first-order valence-electron chi connectivity index (χ1n) is 14.5. The highest BCUT2D eigenvalue weighted by Gasteiger charge is 2.73. The van der Waals surface area contributed by atoms with Gasteiger partial charge in [-0.3, -0.25) is 0 Å². The number of pyridine rings is 1. The van der Waals surface area contributed by atoms with Gasteiger partial charge in [0.05, 0.1) is 20.7 Å². The molecule has 6 aromatic rings. The van der Waals surface area contributed by atoms with Gasteiger partial charge in [-0.15, -0.1) is 0 Å². The summed E-state index contributed by atoms with van der Waals surface area (Å²) in [7, 11) is -3.68. The highest BCUT2D eigenvalue weighted by molar-refractivity contribution is 7.92. The fourth-order valence-electron chi connectivity index (χ4n) is 7.92. The lowest BCUT2D eigenvalue weighted by Gasteiger charge is -2.30. The third kappa shape index (κ3) is 2.51. The molecule has 0 radical (unpaired) electrons. The fraction of sp³-hybridized carbons (Fsp3) is 0.114. The summed E-state index contributed by atoms with van der Waals surface area (Å²) >= 11 is 0. The molecule has 4 aliphatic rings. The summed E-state index contributed by atoms with van der Waals surface area (Å²) < 4.78 is 44.9. The smallest absolute Gasteiger partial charge is 0.455 e. The zero-order valence-electron chi connectivity index (χ0n) is 24.0. The van der Waals surface area contributed by atoms with Crippen molar-refractivity contribution in [2.75, 3.05) is 0 Å². The predicted molar refractivity (Wildman–Crippen MR) is 159 cm³/mol. The number of fused-ring (bicyclic) bond motifs is 6. The second kappa shape index (κ2) is 7.62. The van der Waals surface area contributed by atoms with Gasteiger partial charge in [0.2, 0.25) is 9.84 Å². The van der Waals surface area contributed by atoms with E-state index in [1.54, 1.807) is 12.1 Å². The van der Waals surface area contributed by atoms with Gasteiger partial charge in [0.15, 0.2) is 28.8 Å². The molecule has 1 unspecified atom stereocenters. The van der Waals surface area contributed by atoms with Crippen molar-refractivity contribution in [2.45, 2.75) is 36.2 Å². The van der Waals surface area contributed by atoms with E-state index in [1.165, 1.54) is 0 Å². The molecule has 0 saturated heterocycles. The van der Waals surface area contributed by atoms with Crippen LogP contribution < -0.4 is 18.8 Å².